The third kappa shape index (κ3) is 3.04. The first-order chi connectivity index (χ1) is 15.4. The molecule has 4 aromatic carbocycles. The van der Waals surface area contributed by atoms with Gasteiger partial charge >= 0.3 is 0 Å². The van der Waals surface area contributed by atoms with Crippen LogP contribution >= 0.6 is 0 Å². The SMILES string of the molecule is C1=CCNC(c2cccc(-c3ccc4c(c3)c3ccccc3n4-c3ccccc3)c2)=C1. The monoisotopic (exact) mass is 398 g/mol. The van der Waals surface area contributed by atoms with Gasteiger partial charge in [0.25, 0.3) is 0 Å². The second-order valence-electron chi connectivity index (χ2n) is 7.89. The van der Waals surface area contributed by atoms with Gasteiger partial charge in [-0.25, -0.2) is 0 Å². The van der Waals surface area contributed by atoms with Gasteiger partial charge in [-0.2, -0.15) is 0 Å². The first-order valence-corrected chi connectivity index (χ1v) is 10.7. The molecule has 148 valence electrons. The lowest BCUT2D eigenvalue weighted by atomic mass is 9.99. The van der Waals surface area contributed by atoms with E-state index >= 15 is 0 Å². The standard InChI is InChI=1S/C29H22N2/c1-2-11-24(12-3-1)31-28-15-5-4-13-25(28)26-20-22(16-17-29(26)31)21-9-8-10-23(19-21)27-14-6-7-18-30-27/h1-17,19-20,30H,18H2. The van der Waals surface area contributed by atoms with Crippen molar-refractivity contribution in [2.45, 2.75) is 0 Å². The molecule has 0 radical (unpaired) electrons. The van der Waals surface area contributed by atoms with Crippen LogP contribution in [0.2, 0.25) is 0 Å². The smallest absolute Gasteiger partial charge is 0.0541 e. The third-order valence-corrected chi connectivity index (χ3v) is 6.00. The highest BCUT2D eigenvalue weighted by Crippen LogP contribution is 2.35. The van der Waals surface area contributed by atoms with Crippen LogP contribution in [0.5, 0.6) is 0 Å². The average molecular weight is 399 g/mol. The van der Waals surface area contributed by atoms with Gasteiger partial charge in [0.15, 0.2) is 0 Å². The summed E-state index contributed by atoms with van der Waals surface area (Å²) in [6.45, 7) is 0.876. The van der Waals surface area contributed by atoms with Crippen molar-refractivity contribution < 1.29 is 0 Å². The number of para-hydroxylation sites is 2. The maximum Gasteiger partial charge on any atom is 0.0541 e. The summed E-state index contributed by atoms with van der Waals surface area (Å²) in [5.41, 5.74) is 8.50. The predicted octanol–water partition coefficient (Wildman–Crippen LogP) is 6.95. The van der Waals surface area contributed by atoms with Crippen molar-refractivity contribution in [2.75, 3.05) is 6.54 Å². The maximum atomic E-state index is 3.46. The molecule has 0 saturated carbocycles. The molecular formula is C29H22N2. The number of fused-ring (bicyclic) bond motifs is 3. The Labute approximate surface area is 181 Å². The van der Waals surface area contributed by atoms with Crippen LogP contribution in [-0.2, 0) is 0 Å². The zero-order valence-electron chi connectivity index (χ0n) is 17.1. The zero-order valence-corrected chi connectivity index (χ0v) is 17.1. The molecule has 0 fully saturated rings. The average Bonchev–Trinajstić information content (AvgIpc) is 3.19. The number of benzene rings is 4. The van der Waals surface area contributed by atoms with Crippen molar-refractivity contribution in [3.63, 3.8) is 0 Å². The van der Waals surface area contributed by atoms with E-state index in [1.54, 1.807) is 0 Å². The molecule has 1 aliphatic heterocycles. The van der Waals surface area contributed by atoms with Gasteiger partial charge in [-0.05, 0) is 59.2 Å². The minimum Gasteiger partial charge on any atom is -0.381 e. The molecule has 0 spiro atoms. The van der Waals surface area contributed by atoms with Crippen molar-refractivity contribution in [3.8, 4) is 16.8 Å². The number of nitrogens with one attached hydrogen (secondary N) is 1. The molecule has 2 heterocycles. The van der Waals surface area contributed by atoms with E-state index in [9.17, 15) is 0 Å². The molecule has 0 aliphatic carbocycles. The fourth-order valence-corrected chi connectivity index (χ4v) is 4.53. The summed E-state index contributed by atoms with van der Waals surface area (Å²) in [5, 5.41) is 6.02. The van der Waals surface area contributed by atoms with E-state index in [2.05, 4.69) is 125 Å². The fraction of sp³-hybridized carbons (Fsp3) is 0.0345. The Bertz CT molecular complexity index is 1470. The highest BCUT2D eigenvalue weighted by molar-refractivity contribution is 6.10. The Kier molecular flexibility index (Phi) is 4.21. The number of hydrogen-bond donors (Lipinski definition) is 1. The highest BCUT2D eigenvalue weighted by atomic mass is 15.0. The van der Waals surface area contributed by atoms with Crippen LogP contribution in [0.4, 0.5) is 0 Å². The van der Waals surface area contributed by atoms with Crippen LogP contribution in [0, 0.1) is 0 Å². The molecule has 5 aromatic rings. The van der Waals surface area contributed by atoms with Crippen molar-refractivity contribution in [1.82, 2.24) is 9.88 Å². The molecule has 0 unspecified atom stereocenters. The number of allylic oxidation sites excluding steroid dienone is 2. The molecule has 2 heteroatoms. The molecule has 6 rings (SSSR count). The van der Waals surface area contributed by atoms with Crippen molar-refractivity contribution in [1.29, 1.82) is 0 Å². The molecular weight excluding hydrogens is 376 g/mol. The summed E-state index contributed by atoms with van der Waals surface area (Å²) in [7, 11) is 0. The summed E-state index contributed by atoms with van der Waals surface area (Å²) < 4.78 is 2.36. The van der Waals surface area contributed by atoms with Gasteiger partial charge in [-0.15, -0.1) is 0 Å². The van der Waals surface area contributed by atoms with E-state index in [0.29, 0.717) is 0 Å². The van der Waals surface area contributed by atoms with Gasteiger partial charge in [-0.3, -0.25) is 0 Å². The van der Waals surface area contributed by atoms with Crippen LogP contribution in [0.15, 0.2) is 115 Å². The van der Waals surface area contributed by atoms with Crippen molar-refractivity contribution >= 4 is 27.5 Å². The Morgan fingerprint density at radius 1 is 0.613 bits per heavy atom. The molecule has 0 atom stereocenters. The molecule has 1 N–H and O–H groups in total. The largest absolute Gasteiger partial charge is 0.381 e. The molecule has 0 bridgehead atoms. The third-order valence-electron chi connectivity index (χ3n) is 6.00. The van der Waals surface area contributed by atoms with E-state index in [0.717, 1.165) is 6.54 Å². The minimum atomic E-state index is 0.876. The molecule has 1 aromatic heterocycles. The summed E-state index contributed by atoms with van der Waals surface area (Å²) in [5.74, 6) is 0. The summed E-state index contributed by atoms with van der Waals surface area (Å²) in [4.78, 5) is 0. The Morgan fingerprint density at radius 2 is 1.39 bits per heavy atom. The van der Waals surface area contributed by atoms with E-state index < -0.39 is 0 Å². The van der Waals surface area contributed by atoms with E-state index in [-0.39, 0.29) is 0 Å². The van der Waals surface area contributed by atoms with Gasteiger partial charge in [0, 0.05) is 28.7 Å². The summed E-state index contributed by atoms with van der Waals surface area (Å²) in [6.07, 6.45) is 6.38. The van der Waals surface area contributed by atoms with Crippen LogP contribution in [0.1, 0.15) is 5.56 Å². The molecule has 0 saturated heterocycles. The van der Waals surface area contributed by atoms with Crippen molar-refractivity contribution in [3.05, 3.63) is 121 Å². The van der Waals surface area contributed by atoms with E-state index in [1.807, 2.05) is 0 Å². The summed E-state index contributed by atoms with van der Waals surface area (Å²) in [6, 6.07) is 34.9. The normalized spacial score (nSPS) is 13.4. The topological polar surface area (TPSA) is 17.0 Å². The Morgan fingerprint density at radius 3 is 2.26 bits per heavy atom. The molecule has 0 amide bonds. The lowest BCUT2D eigenvalue weighted by Gasteiger charge is -2.13. The van der Waals surface area contributed by atoms with Crippen molar-refractivity contribution in [2.24, 2.45) is 0 Å². The van der Waals surface area contributed by atoms with Crippen LogP contribution in [0.25, 0.3) is 44.3 Å². The molecule has 31 heavy (non-hydrogen) atoms. The number of aromatic nitrogens is 1. The number of rotatable bonds is 3. The second kappa shape index (κ2) is 7.33. The molecule has 1 aliphatic rings. The highest BCUT2D eigenvalue weighted by Gasteiger charge is 2.13. The maximum absolute atomic E-state index is 3.46. The lowest BCUT2D eigenvalue weighted by molar-refractivity contribution is 0.996. The first-order valence-electron chi connectivity index (χ1n) is 10.7. The van der Waals surface area contributed by atoms with Gasteiger partial charge in [0.05, 0.1) is 11.0 Å². The summed E-state index contributed by atoms with van der Waals surface area (Å²) >= 11 is 0. The Hall–Kier alpha value is -4.04. The quantitative estimate of drug-likeness (QED) is 0.348. The van der Waals surface area contributed by atoms with Gasteiger partial charge in [0.1, 0.15) is 0 Å². The van der Waals surface area contributed by atoms with Crippen LogP contribution in [-0.4, -0.2) is 11.1 Å². The van der Waals surface area contributed by atoms with Gasteiger partial charge < -0.3 is 9.88 Å². The Balaban J connectivity index is 1.54. The number of hydrogen-bond acceptors (Lipinski definition) is 1. The van der Waals surface area contributed by atoms with Crippen LogP contribution < -0.4 is 5.32 Å². The molecule has 2 nitrogen and oxygen atoms in total. The minimum absolute atomic E-state index is 0.876. The van der Waals surface area contributed by atoms with Gasteiger partial charge in [-0.1, -0.05) is 72.8 Å². The van der Waals surface area contributed by atoms with E-state index in [1.165, 1.54) is 49.9 Å². The van der Waals surface area contributed by atoms with Crippen LogP contribution in [0.3, 0.4) is 0 Å². The lowest BCUT2D eigenvalue weighted by Crippen LogP contribution is -2.14. The first kappa shape index (κ1) is 17.8. The second-order valence-corrected chi connectivity index (χ2v) is 7.89. The number of nitrogens with zero attached hydrogens (tertiary/aromatic N) is 1. The van der Waals surface area contributed by atoms with E-state index in [4.69, 9.17) is 0 Å². The predicted molar refractivity (Wildman–Crippen MR) is 131 cm³/mol. The zero-order chi connectivity index (χ0) is 20.6. The fourth-order valence-electron chi connectivity index (χ4n) is 4.53. The van der Waals surface area contributed by atoms with Gasteiger partial charge in [0.2, 0.25) is 0 Å². The number of dihydropyridines is 1.